The number of hydrogen-bond donors (Lipinski definition) is 3. The Kier molecular flexibility index (Phi) is 9.25. The van der Waals surface area contributed by atoms with Crippen LogP contribution in [0.25, 0.3) is 0 Å². The summed E-state index contributed by atoms with van der Waals surface area (Å²) in [4.78, 5) is 34.7. The number of benzene rings is 1. The molecule has 1 rings (SSSR count). The highest BCUT2D eigenvalue weighted by atomic mass is 19.1. The molecule has 0 saturated heterocycles. The summed E-state index contributed by atoms with van der Waals surface area (Å²) in [5.41, 5.74) is -0.109. The number of rotatable bonds is 9. The van der Waals surface area contributed by atoms with E-state index in [-0.39, 0.29) is 30.6 Å². The van der Waals surface area contributed by atoms with Gasteiger partial charge in [0.2, 0.25) is 11.8 Å². The molecule has 0 heterocycles. The molecular weight excluding hydrogens is 353 g/mol. The molecule has 0 saturated carbocycles. The van der Waals surface area contributed by atoms with Gasteiger partial charge in [-0.1, -0.05) is 18.2 Å². The van der Waals surface area contributed by atoms with Gasteiger partial charge in [-0.25, -0.2) is 9.18 Å². The van der Waals surface area contributed by atoms with E-state index in [2.05, 4.69) is 16.0 Å². The van der Waals surface area contributed by atoms with Crippen LogP contribution in [-0.4, -0.2) is 43.1 Å². The summed E-state index contributed by atoms with van der Waals surface area (Å²) in [6.07, 6.45) is 0.433. The molecule has 0 aliphatic rings. The van der Waals surface area contributed by atoms with Gasteiger partial charge in [-0.05, 0) is 45.2 Å². The Morgan fingerprint density at radius 1 is 1.00 bits per heavy atom. The van der Waals surface area contributed by atoms with E-state index in [9.17, 15) is 18.8 Å². The molecule has 0 radical (unpaired) electrons. The van der Waals surface area contributed by atoms with Gasteiger partial charge in [0.1, 0.15) is 11.4 Å². The third-order valence-electron chi connectivity index (χ3n) is 3.37. The van der Waals surface area contributed by atoms with E-state index >= 15 is 0 Å². The highest BCUT2D eigenvalue weighted by Crippen LogP contribution is 2.08. The second kappa shape index (κ2) is 11.2. The second-order valence-electron chi connectivity index (χ2n) is 7.00. The van der Waals surface area contributed by atoms with Gasteiger partial charge in [-0.2, -0.15) is 0 Å². The molecule has 1 aromatic carbocycles. The molecule has 150 valence electrons. The van der Waals surface area contributed by atoms with Crippen LogP contribution in [0.5, 0.6) is 0 Å². The second-order valence-corrected chi connectivity index (χ2v) is 7.00. The summed E-state index contributed by atoms with van der Waals surface area (Å²) >= 11 is 0. The van der Waals surface area contributed by atoms with Gasteiger partial charge in [-0.15, -0.1) is 0 Å². The molecule has 0 aliphatic heterocycles. The van der Waals surface area contributed by atoms with Crippen molar-refractivity contribution >= 4 is 17.9 Å². The Hall–Kier alpha value is -2.64. The fraction of sp³-hybridized carbons (Fsp3) is 0.526. The predicted octanol–water partition coefficient (Wildman–Crippen LogP) is 1.91. The first-order valence-electron chi connectivity index (χ1n) is 8.91. The molecule has 7 nitrogen and oxygen atoms in total. The van der Waals surface area contributed by atoms with Crippen LogP contribution in [0.2, 0.25) is 0 Å². The molecule has 3 N–H and O–H groups in total. The predicted molar refractivity (Wildman–Crippen MR) is 99.6 cm³/mol. The van der Waals surface area contributed by atoms with Crippen molar-refractivity contribution in [2.75, 3.05) is 19.6 Å². The lowest BCUT2D eigenvalue weighted by atomic mass is 10.1. The number of carbonyl (C=O) groups is 3. The minimum Gasteiger partial charge on any atom is -0.444 e. The maximum atomic E-state index is 13.5. The molecule has 0 aliphatic carbocycles. The zero-order chi connectivity index (χ0) is 20.3. The standard InChI is InChI=1S/C19H28FN3O4/c1-19(2,3)27-18(26)23-13-17(25)22-12-6-11-21-16(24)10-9-14-7-4-5-8-15(14)20/h4-5,7-8H,6,9-13H2,1-3H3,(H,21,24)(H,22,25)(H,23,26). The Morgan fingerprint density at radius 3 is 2.26 bits per heavy atom. The van der Waals surface area contributed by atoms with Crippen molar-refractivity contribution in [1.29, 1.82) is 0 Å². The molecule has 0 aromatic heterocycles. The van der Waals surface area contributed by atoms with Crippen molar-refractivity contribution in [3.8, 4) is 0 Å². The average Bonchev–Trinajstić information content (AvgIpc) is 2.57. The van der Waals surface area contributed by atoms with Gasteiger partial charge in [0.15, 0.2) is 0 Å². The molecule has 0 fully saturated rings. The van der Waals surface area contributed by atoms with E-state index in [1.807, 2.05) is 0 Å². The molecule has 3 amide bonds. The molecule has 0 bridgehead atoms. The van der Waals surface area contributed by atoms with Crippen LogP contribution in [0.15, 0.2) is 24.3 Å². The van der Waals surface area contributed by atoms with E-state index in [0.29, 0.717) is 31.5 Å². The number of carbonyl (C=O) groups excluding carboxylic acids is 3. The topological polar surface area (TPSA) is 96.5 Å². The van der Waals surface area contributed by atoms with Crippen molar-refractivity contribution < 1.29 is 23.5 Å². The zero-order valence-corrected chi connectivity index (χ0v) is 16.1. The lowest BCUT2D eigenvalue weighted by molar-refractivity contribution is -0.121. The fourth-order valence-corrected chi connectivity index (χ4v) is 2.11. The minimum absolute atomic E-state index is 0.170. The third-order valence-corrected chi connectivity index (χ3v) is 3.37. The zero-order valence-electron chi connectivity index (χ0n) is 16.1. The molecule has 0 spiro atoms. The first kappa shape index (κ1) is 22.4. The highest BCUT2D eigenvalue weighted by Gasteiger charge is 2.16. The molecule has 0 unspecified atom stereocenters. The molecule has 27 heavy (non-hydrogen) atoms. The lowest BCUT2D eigenvalue weighted by Gasteiger charge is -2.19. The highest BCUT2D eigenvalue weighted by molar-refractivity contribution is 5.82. The van der Waals surface area contributed by atoms with Crippen LogP contribution in [0.3, 0.4) is 0 Å². The largest absolute Gasteiger partial charge is 0.444 e. The summed E-state index contributed by atoms with van der Waals surface area (Å²) in [5, 5.41) is 7.71. The van der Waals surface area contributed by atoms with E-state index in [4.69, 9.17) is 4.74 Å². The number of alkyl carbamates (subject to hydrolysis) is 1. The quantitative estimate of drug-likeness (QED) is 0.569. The van der Waals surface area contributed by atoms with Crippen molar-refractivity contribution in [3.63, 3.8) is 0 Å². The van der Waals surface area contributed by atoms with Crippen LogP contribution in [0, 0.1) is 5.82 Å². The number of aryl methyl sites for hydroxylation is 1. The third kappa shape index (κ3) is 10.8. The Balaban J connectivity index is 2.07. The first-order valence-corrected chi connectivity index (χ1v) is 8.91. The van der Waals surface area contributed by atoms with E-state index in [0.717, 1.165) is 0 Å². The van der Waals surface area contributed by atoms with Gasteiger partial charge in [0.05, 0.1) is 6.54 Å². The molecular formula is C19H28FN3O4. The monoisotopic (exact) mass is 381 g/mol. The molecule has 0 atom stereocenters. The van der Waals surface area contributed by atoms with E-state index in [1.54, 1.807) is 39.0 Å². The Morgan fingerprint density at radius 2 is 1.63 bits per heavy atom. The summed E-state index contributed by atoms with van der Waals surface area (Å²) in [7, 11) is 0. The Labute approximate surface area is 159 Å². The van der Waals surface area contributed by atoms with Crippen LogP contribution in [0.1, 0.15) is 39.2 Å². The number of ether oxygens (including phenoxy) is 1. The van der Waals surface area contributed by atoms with Crippen LogP contribution >= 0.6 is 0 Å². The van der Waals surface area contributed by atoms with Gasteiger partial charge >= 0.3 is 6.09 Å². The van der Waals surface area contributed by atoms with Crippen LogP contribution in [0.4, 0.5) is 9.18 Å². The summed E-state index contributed by atoms with van der Waals surface area (Å²) < 4.78 is 18.5. The van der Waals surface area contributed by atoms with Crippen LogP contribution in [-0.2, 0) is 20.7 Å². The number of amides is 3. The van der Waals surface area contributed by atoms with Gasteiger partial charge in [0.25, 0.3) is 0 Å². The van der Waals surface area contributed by atoms with Crippen molar-refractivity contribution in [2.45, 2.75) is 45.6 Å². The van der Waals surface area contributed by atoms with Gasteiger partial charge < -0.3 is 20.7 Å². The maximum Gasteiger partial charge on any atom is 0.408 e. The lowest BCUT2D eigenvalue weighted by Crippen LogP contribution is -2.40. The van der Waals surface area contributed by atoms with Crippen molar-refractivity contribution in [1.82, 2.24) is 16.0 Å². The van der Waals surface area contributed by atoms with Crippen molar-refractivity contribution in [2.24, 2.45) is 0 Å². The Bertz CT molecular complexity index is 644. The average molecular weight is 381 g/mol. The van der Waals surface area contributed by atoms with E-state index < -0.39 is 11.7 Å². The number of nitrogens with one attached hydrogen (secondary N) is 3. The smallest absolute Gasteiger partial charge is 0.408 e. The SMILES string of the molecule is CC(C)(C)OC(=O)NCC(=O)NCCCNC(=O)CCc1ccccc1F. The van der Waals surface area contributed by atoms with Crippen molar-refractivity contribution in [3.05, 3.63) is 35.6 Å². The fourth-order valence-electron chi connectivity index (χ4n) is 2.11. The maximum absolute atomic E-state index is 13.5. The van der Waals surface area contributed by atoms with Crippen LogP contribution < -0.4 is 16.0 Å². The normalized spacial score (nSPS) is 10.8. The molecule has 8 heteroatoms. The number of halogens is 1. The molecule has 1 aromatic rings. The summed E-state index contributed by atoms with van der Waals surface area (Å²) in [6, 6.07) is 6.37. The first-order chi connectivity index (χ1) is 12.7. The summed E-state index contributed by atoms with van der Waals surface area (Å²) in [5.74, 6) is -0.823. The number of hydrogen-bond acceptors (Lipinski definition) is 4. The summed E-state index contributed by atoms with van der Waals surface area (Å²) in [6.45, 7) is 5.79. The van der Waals surface area contributed by atoms with E-state index in [1.165, 1.54) is 6.07 Å². The van der Waals surface area contributed by atoms with Gasteiger partial charge in [0, 0.05) is 19.5 Å². The van der Waals surface area contributed by atoms with Gasteiger partial charge in [-0.3, -0.25) is 9.59 Å². The minimum atomic E-state index is -0.653.